The van der Waals surface area contributed by atoms with Crippen LogP contribution in [0.15, 0.2) is 0 Å². The Kier molecular flexibility index (Phi) is 4.24. The summed E-state index contributed by atoms with van der Waals surface area (Å²) in [6.07, 6.45) is 9.12. The van der Waals surface area contributed by atoms with Gasteiger partial charge in [0.1, 0.15) is 13.2 Å². The molecule has 16 fully saturated rings. The average Bonchev–Trinajstić information content (AvgIpc) is 3.85. The number of carbonyl (C=O) groups excluding carboxylic acids is 2. The first kappa shape index (κ1) is 28.3. The minimum atomic E-state index is -0.794. The smallest absolute Gasteiger partial charge is 0.339 e. The molecule has 0 aromatic carbocycles. The van der Waals surface area contributed by atoms with Crippen molar-refractivity contribution in [2.75, 3.05) is 13.2 Å². The molecule has 8 aliphatic carbocycles. The maximum atomic E-state index is 13.1. The van der Waals surface area contributed by atoms with E-state index >= 15 is 0 Å². The van der Waals surface area contributed by atoms with E-state index in [9.17, 15) is 9.59 Å². The summed E-state index contributed by atoms with van der Waals surface area (Å²) in [5, 5.41) is 0. The summed E-state index contributed by atoms with van der Waals surface area (Å²) in [6, 6.07) is 0. The van der Waals surface area contributed by atoms with Gasteiger partial charge in [-0.25, -0.2) is 9.59 Å². The van der Waals surface area contributed by atoms with Crippen LogP contribution in [-0.4, -0.2) is 96.4 Å². The van der Waals surface area contributed by atoms with Crippen LogP contribution in [0.4, 0.5) is 0 Å². The third-order valence-electron chi connectivity index (χ3n) is 18.3. The van der Waals surface area contributed by atoms with E-state index in [1.54, 1.807) is 0 Å². The first-order valence-corrected chi connectivity index (χ1v) is 19.0. The molecule has 8 bridgehead atoms. The van der Waals surface area contributed by atoms with Crippen LogP contribution < -0.4 is 0 Å². The molecule has 0 unspecified atom stereocenters. The number of esters is 2. The van der Waals surface area contributed by atoms with E-state index in [4.69, 9.17) is 37.9 Å². The van der Waals surface area contributed by atoms with Crippen molar-refractivity contribution in [3.63, 3.8) is 0 Å². The summed E-state index contributed by atoms with van der Waals surface area (Å²) in [4.78, 5) is 26.2. The van der Waals surface area contributed by atoms with Gasteiger partial charge in [-0.1, -0.05) is 27.7 Å². The van der Waals surface area contributed by atoms with Crippen molar-refractivity contribution in [1.29, 1.82) is 0 Å². The molecule has 8 heterocycles. The van der Waals surface area contributed by atoms with Crippen LogP contribution in [0.1, 0.15) is 92.9 Å². The van der Waals surface area contributed by atoms with Crippen LogP contribution in [0.5, 0.6) is 0 Å². The molecule has 8 saturated heterocycles. The van der Waals surface area contributed by atoms with E-state index < -0.39 is 11.2 Å². The highest BCUT2D eigenvalue weighted by Crippen LogP contribution is 2.86. The average molecular weight is 665 g/mol. The Balaban J connectivity index is 0.000000107. The second kappa shape index (κ2) is 7.19. The van der Waals surface area contributed by atoms with Gasteiger partial charge in [0, 0.05) is 0 Å². The number of carbonyl (C=O) groups is 2. The molecule has 0 N–H and O–H groups in total. The first-order chi connectivity index (χ1) is 22.6. The van der Waals surface area contributed by atoms with E-state index in [-0.39, 0.29) is 92.3 Å². The Morgan fingerprint density at radius 1 is 0.542 bits per heavy atom. The maximum Gasteiger partial charge on any atom is 0.339 e. The summed E-state index contributed by atoms with van der Waals surface area (Å²) in [7, 11) is 0. The van der Waals surface area contributed by atoms with Crippen molar-refractivity contribution in [2.24, 2.45) is 44.3 Å². The molecule has 0 radical (unpaired) electrons. The van der Waals surface area contributed by atoms with Gasteiger partial charge < -0.3 is 37.9 Å². The molecule has 10 heteroatoms. The fourth-order valence-electron chi connectivity index (χ4n) is 16.5. The monoisotopic (exact) mass is 664 g/mol. The zero-order chi connectivity index (χ0) is 32.7. The van der Waals surface area contributed by atoms with Gasteiger partial charge in [-0.05, 0) is 87.9 Å². The number of rotatable bonds is 0. The second-order valence-electron chi connectivity index (χ2n) is 20.6. The summed E-state index contributed by atoms with van der Waals surface area (Å²) >= 11 is 0. The van der Waals surface area contributed by atoms with E-state index in [2.05, 4.69) is 41.5 Å². The maximum absolute atomic E-state index is 13.1. The van der Waals surface area contributed by atoms with Gasteiger partial charge in [0.15, 0.2) is 11.2 Å². The Morgan fingerprint density at radius 2 is 0.958 bits per heavy atom. The fourth-order valence-corrected chi connectivity index (χ4v) is 16.5. The predicted octanol–water partition coefficient (Wildman–Crippen LogP) is 3.64. The molecule has 16 aliphatic rings. The lowest BCUT2D eigenvalue weighted by Crippen LogP contribution is -2.74. The molecular weight excluding hydrogens is 616 g/mol. The molecule has 0 aromatic rings. The molecule has 48 heavy (non-hydrogen) atoms. The summed E-state index contributed by atoms with van der Waals surface area (Å²) in [6.45, 7) is 14.5. The molecule has 0 amide bonds. The standard InChI is InChI=1S/2C19H24O5/c2*1-15(2)7-10-11(22-10)17-8-21-14(20)19(24-12(15)17)6-9-4-5-18(17,19)13-16(9,3)23-13/h2*9-13H,4-8H2,1-3H3/t2*9-,10-,11-,12-,13-,16-,17-,18-,19+/m11/s1. The molecule has 10 nitrogen and oxygen atoms in total. The minimum Gasteiger partial charge on any atom is -0.463 e. The van der Waals surface area contributed by atoms with Gasteiger partial charge in [0.05, 0.1) is 81.7 Å². The van der Waals surface area contributed by atoms with Gasteiger partial charge in [-0.3, -0.25) is 0 Å². The molecule has 260 valence electrons. The van der Waals surface area contributed by atoms with E-state index in [1.807, 2.05) is 0 Å². The molecule has 8 aliphatic heterocycles. The van der Waals surface area contributed by atoms with Crippen molar-refractivity contribution in [1.82, 2.24) is 0 Å². The molecule has 4 spiro atoms. The Labute approximate surface area is 280 Å². The van der Waals surface area contributed by atoms with Crippen LogP contribution >= 0.6 is 0 Å². The van der Waals surface area contributed by atoms with Crippen molar-refractivity contribution in [3.05, 3.63) is 0 Å². The molecule has 18 atom stereocenters. The van der Waals surface area contributed by atoms with Gasteiger partial charge in [-0.2, -0.15) is 0 Å². The summed E-state index contributed by atoms with van der Waals surface area (Å²) in [5.41, 5.74) is -2.66. The number of hydrogen-bond acceptors (Lipinski definition) is 10. The fraction of sp³-hybridized carbons (Fsp3) is 0.947. The lowest BCUT2D eigenvalue weighted by molar-refractivity contribution is -0.223. The van der Waals surface area contributed by atoms with Crippen molar-refractivity contribution >= 4 is 11.9 Å². The quantitative estimate of drug-likeness (QED) is 0.280. The molecule has 16 rings (SSSR count). The van der Waals surface area contributed by atoms with E-state index in [0.717, 1.165) is 51.4 Å². The van der Waals surface area contributed by atoms with Crippen LogP contribution in [0.2, 0.25) is 0 Å². The van der Waals surface area contributed by atoms with Crippen molar-refractivity contribution < 1.29 is 47.5 Å². The highest BCUT2D eigenvalue weighted by atomic mass is 16.7. The largest absolute Gasteiger partial charge is 0.463 e. The topological polar surface area (TPSA) is 121 Å². The zero-order valence-electron chi connectivity index (χ0n) is 28.9. The third-order valence-corrected chi connectivity index (χ3v) is 18.3. The Bertz CT molecular complexity index is 1560. The van der Waals surface area contributed by atoms with Gasteiger partial charge in [-0.15, -0.1) is 0 Å². The van der Waals surface area contributed by atoms with E-state index in [1.165, 1.54) is 0 Å². The van der Waals surface area contributed by atoms with Crippen LogP contribution in [-0.2, 0) is 47.5 Å². The number of cyclic esters (lactones) is 2. The van der Waals surface area contributed by atoms with E-state index in [0.29, 0.717) is 37.3 Å². The zero-order valence-corrected chi connectivity index (χ0v) is 28.9. The molecule has 0 aromatic heterocycles. The van der Waals surface area contributed by atoms with Gasteiger partial charge in [0.2, 0.25) is 0 Å². The number of fused-ring (bicyclic) bond motifs is 4. The number of hydrogen-bond donors (Lipinski definition) is 0. The highest BCUT2D eigenvalue weighted by molar-refractivity contribution is 5.86. The SMILES string of the molecule is CC1(C)C[C@H]2O[C@H]2[C@@]23COC(=O)[C@]4(C[C@H]5CC[C@@]24[C@@H]2O[C@]52C)O[C@H]13.CC1(C)C[C@H]2O[C@H]2[C@@]23COC(=O)[C@]4(C[C@H]5CC[C@@]24[C@@H]2O[C@]52C)O[C@H]13. The van der Waals surface area contributed by atoms with Crippen molar-refractivity contribution in [2.45, 2.75) is 164 Å². The Hall–Kier alpha value is -1.30. The van der Waals surface area contributed by atoms with Crippen LogP contribution in [0.25, 0.3) is 0 Å². The molecular formula is C38H48O10. The van der Waals surface area contributed by atoms with Gasteiger partial charge in [0.25, 0.3) is 0 Å². The first-order valence-electron chi connectivity index (χ1n) is 19.0. The van der Waals surface area contributed by atoms with Crippen LogP contribution in [0.3, 0.4) is 0 Å². The predicted molar refractivity (Wildman–Crippen MR) is 162 cm³/mol. The normalized spacial score (nSPS) is 69.1. The number of ether oxygens (including phenoxy) is 8. The van der Waals surface area contributed by atoms with Gasteiger partial charge >= 0.3 is 11.9 Å². The highest BCUT2D eigenvalue weighted by Gasteiger charge is 2.97. The summed E-state index contributed by atoms with van der Waals surface area (Å²) in [5.74, 6) is 0.563. The lowest BCUT2D eigenvalue weighted by Gasteiger charge is -2.61. The minimum absolute atomic E-state index is 0.00584. The van der Waals surface area contributed by atoms with Crippen LogP contribution in [0, 0.1) is 44.3 Å². The summed E-state index contributed by atoms with van der Waals surface area (Å²) < 4.78 is 50.5. The third kappa shape index (κ3) is 2.35. The number of epoxide rings is 4. The molecule has 8 saturated carbocycles. The second-order valence-corrected chi connectivity index (χ2v) is 20.6. The lowest BCUT2D eigenvalue weighted by atomic mass is 9.39. The van der Waals surface area contributed by atoms with Crippen molar-refractivity contribution in [3.8, 4) is 0 Å². The Morgan fingerprint density at radius 3 is 1.38 bits per heavy atom.